The maximum atomic E-state index is 4.10. The smallest absolute Gasteiger partial charge is 0.0236 e. The lowest BCUT2D eigenvalue weighted by molar-refractivity contribution is 0.652. The van der Waals surface area contributed by atoms with Crippen molar-refractivity contribution in [2.75, 3.05) is 0 Å². The highest BCUT2D eigenvalue weighted by molar-refractivity contribution is 5.42. The lowest BCUT2D eigenvalue weighted by Gasteiger charge is -2.15. The maximum Gasteiger partial charge on any atom is -0.0236 e. The molecule has 0 heterocycles. The van der Waals surface area contributed by atoms with Crippen LogP contribution in [0.5, 0.6) is 0 Å². The highest BCUT2D eigenvalue weighted by atomic mass is 14.1. The van der Waals surface area contributed by atoms with Crippen LogP contribution in [0.25, 0.3) is 0 Å². The van der Waals surface area contributed by atoms with E-state index in [1.165, 1.54) is 56.1 Å². The molecule has 0 N–H and O–H groups in total. The van der Waals surface area contributed by atoms with Crippen LogP contribution in [0.4, 0.5) is 0 Å². The van der Waals surface area contributed by atoms with Crippen LogP contribution in [0.3, 0.4) is 0 Å². The molecule has 0 atom stereocenters. The number of hydrogen-bond acceptors (Lipinski definition) is 0. The van der Waals surface area contributed by atoms with E-state index in [1.54, 1.807) is 5.57 Å². The molecule has 0 aromatic carbocycles. The highest BCUT2D eigenvalue weighted by Gasteiger charge is 2.07. The van der Waals surface area contributed by atoms with Gasteiger partial charge in [0.25, 0.3) is 0 Å². The van der Waals surface area contributed by atoms with E-state index in [9.17, 15) is 0 Å². The van der Waals surface area contributed by atoms with Crippen molar-refractivity contribution in [2.24, 2.45) is 0 Å². The molecule has 0 saturated heterocycles. The van der Waals surface area contributed by atoms with Crippen LogP contribution < -0.4 is 0 Å². The Balaban J connectivity index is 0.00000154. The van der Waals surface area contributed by atoms with Crippen molar-refractivity contribution in [1.82, 2.24) is 0 Å². The predicted molar refractivity (Wildman–Crippen MR) is 89.4 cm³/mol. The molecular formula is C19H30. The molecule has 1 aliphatic rings. The van der Waals surface area contributed by atoms with Crippen LogP contribution in [0.15, 0.2) is 60.8 Å². The molecular weight excluding hydrogens is 228 g/mol. The van der Waals surface area contributed by atoms with Crippen molar-refractivity contribution in [3.63, 3.8) is 0 Å². The molecule has 1 rings (SSSR count). The minimum atomic E-state index is 1.17. The fraction of sp³-hybridized carbons (Fsp3) is 0.474. The highest BCUT2D eigenvalue weighted by Crippen LogP contribution is 2.26. The number of hydrogen-bond donors (Lipinski definition) is 0. The fourth-order valence-corrected chi connectivity index (χ4v) is 2.24. The van der Waals surface area contributed by atoms with Crippen molar-refractivity contribution in [1.29, 1.82) is 0 Å². The van der Waals surface area contributed by atoms with E-state index < -0.39 is 0 Å². The molecule has 0 aliphatic heterocycles. The SMILES string of the molecule is C=C.C=C(/C=C\C)C1=CC=C(CCCCCC)CC1. The van der Waals surface area contributed by atoms with Crippen LogP contribution in [0.1, 0.15) is 58.8 Å². The lowest BCUT2D eigenvalue weighted by atomic mass is 9.91. The minimum absolute atomic E-state index is 1.17. The first-order valence-electron chi connectivity index (χ1n) is 7.48. The molecule has 0 aromatic heterocycles. The molecule has 0 heteroatoms. The Kier molecular flexibility index (Phi) is 11.0. The molecule has 0 saturated carbocycles. The summed E-state index contributed by atoms with van der Waals surface area (Å²) in [6, 6.07) is 0. The van der Waals surface area contributed by atoms with E-state index in [0.717, 1.165) is 0 Å². The van der Waals surface area contributed by atoms with E-state index >= 15 is 0 Å². The van der Waals surface area contributed by atoms with E-state index in [0.29, 0.717) is 0 Å². The van der Waals surface area contributed by atoms with E-state index in [-0.39, 0.29) is 0 Å². The van der Waals surface area contributed by atoms with Crippen LogP contribution in [-0.2, 0) is 0 Å². The van der Waals surface area contributed by atoms with Gasteiger partial charge in [0.2, 0.25) is 0 Å². The minimum Gasteiger partial charge on any atom is -0.106 e. The van der Waals surface area contributed by atoms with Crippen molar-refractivity contribution < 1.29 is 0 Å². The predicted octanol–water partition coefficient (Wildman–Crippen LogP) is 6.54. The van der Waals surface area contributed by atoms with Gasteiger partial charge >= 0.3 is 0 Å². The molecule has 0 radical (unpaired) electrons. The van der Waals surface area contributed by atoms with E-state index in [4.69, 9.17) is 0 Å². The molecule has 1 aliphatic carbocycles. The first-order chi connectivity index (χ1) is 9.27. The van der Waals surface area contributed by atoms with Gasteiger partial charge < -0.3 is 0 Å². The average Bonchev–Trinajstić information content (AvgIpc) is 2.47. The van der Waals surface area contributed by atoms with Gasteiger partial charge in [-0.25, -0.2) is 0 Å². The first-order valence-corrected chi connectivity index (χ1v) is 7.48. The Hall–Kier alpha value is -1.30. The van der Waals surface area contributed by atoms with Crippen molar-refractivity contribution >= 4 is 0 Å². The van der Waals surface area contributed by atoms with Crippen LogP contribution >= 0.6 is 0 Å². The van der Waals surface area contributed by atoms with E-state index in [2.05, 4.69) is 51.0 Å². The molecule has 0 unspecified atom stereocenters. The molecule has 0 spiro atoms. The fourth-order valence-electron chi connectivity index (χ4n) is 2.24. The summed E-state index contributed by atoms with van der Waals surface area (Å²) >= 11 is 0. The van der Waals surface area contributed by atoms with Gasteiger partial charge in [0.05, 0.1) is 0 Å². The second-order valence-electron chi connectivity index (χ2n) is 4.85. The van der Waals surface area contributed by atoms with E-state index in [1.807, 2.05) is 6.92 Å². The quantitative estimate of drug-likeness (QED) is 0.276. The van der Waals surface area contributed by atoms with Gasteiger partial charge in [0.1, 0.15) is 0 Å². The molecule has 0 amide bonds. The second kappa shape index (κ2) is 11.8. The molecule has 106 valence electrons. The Bertz CT molecular complexity index is 339. The van der Waals surface area contributed by atoms with Gasteiger partial charge in [-0.05, 0) is 43.8 Å². The molecule has 0 bridgehead atoms. The molecule has 0 fully saturated rings. The zero-order valence-electron chi connectivity index (χ0n) is 12.9. The van der Waals surface area contributed by atoms with Crippen molar-refractivity contribution in [3.05, 3.63) is 60.8 Å². The van der Waals surface area contributed by atoms with Crippen molar-refractivity contribution in [2.45, 2.75) is 58.8 Å². The molecule has 0 nitrogen and oxygen atoms in total. The van der Waals surface area contributed by atoms with Gasteiger partial charge in [0.15, 0.2) is 0 Å². The normalized spacial score (nSPS) is 14.4. The van der Waals surface area contributed by atoms with Crippen molar-refractivity contribution in [3.8, 4) is 0 Å². The largest absolute Gasteiger partial charge is 0.106 e. The summed E-state index contributed by atoms with van der Waals surface area (Å²) in [5.74, 6) is 0. The first kappa shape index (κ1) is 17.7. The summed E-state index contributed by atoms with van der Waals surface area (Å²) in [6.07, 6.45) is 17.9. The Labute approximate surface area is 120 Å². The summed E-state index contributed by atoms with van der Waals surface area (Å²) < 4.78 is 0. The summed E-state index contributed by atoms with van der Waals surface area (Å²) in [6.45, 7) is 14.4. The number of rotatable bonds is 7. The summed E-state index contributed by atoms with van der Waals surface area (Å²) in [4.78, 5) is 0. The monoisotopic (exact) mass is 258 g/mol. The maximum absolute atomic E-state index is 4.10. The van der Waals surface area contributed by atoms with Gasteiger partial charge in [-0.2, -0.15) is 0 Å². The van der Waals surface area contributed by atoms with Crippen LogP contribution in [0.2, 0.25) is 0 Å². The summed E-state index contributed by atoms with van der Waals surface area (Å²) in [5.41, 5.74) is 4.20. The summed E-state index contributed by atoms with van der Waals surface area (Å²) in [7, 11) is 0. The zero-order valence-corrected chi connectivity index (χ0v) is 12.9. The van der Waals surface area contributed by atoms with Gasteiger partial charge in [0, 0.05) is 0 Å². The Morgan fingerprint density at radius 2 is 1.89 bits per heavy atom. The van der Waals surface area contributed by atoms with Crippen LogP contribution in [0, 0.1) is 0 Å². The Morgan fingerprint density at radius 1 is 1.16 bits per heavy atom. The molecule has 0 aromatic rings. The third-order valence-corrected chi connectivity index (χ3v) is 3.37. The number of allylic oxidation sites excluding steroid dienone is 7. The lowest BCUT2D eigenvalue weighted by Crippen LogP contribution is -1.95. The molecule has 19 heavy (non-hydrogen) atoms. The van der Waals surface area contributed by atoms with Crippen LogP contribution in [-0.4, -0.2) is 0 Å². The second-order valence-corrected chi connectivity index (χ2v) is 4.85. The third kappa shape index (κ3) is 7.66. The van der Waals surface area contributed by atoms with Gasteiger partial charge in [-0.1, -0.05) is 62.6 Å². The number of unbranched alkanes of at least 4 members (excludes halogenated alkanes) is 3. The van der Waals surface area contributed by atoms with Gasteiger partial charge in [-0.15, -0.1) is 13.2 Å². The third-order valence-electron chi connectivity index (χ3n) is 3.37. The zero-order chi connectivity index (χ0) is 14.5. The average molecular weight is 258 g/mol. The van der Waals surface area contributed by atoms with Gasteiger partial charge in [-0.3, -0.25) is 0 Å². The summed E-state index contributed by atoms with van der Waals surface area (Å²) in [5, 5.41) is 0. The Morgan fingerprint density at radius 3 is 2.42 bits per heavy atom. The standard InChI is InChI=1S/C17H26.C2H4/c1-4-6-7-8-10-16-11-13-17(14-12-16)15(3)9-5-2;1-2/h5,9,11,13H,3-4,6-8,10,12,14H2,1-2H3;1-2H2/b9-5-;. The topological polar surface area (TPSA) is 0 Å².